The first-order valence-electron chi connectivity index (χ1n) is 6.29. The maximum atomic E-state index is 5.14. The summed E-state index contributed by atoms with van der Waals surface area (Å²) < 4.78 is 0. The lowest BCUT2D eigenvalue weighted by Gasteiger charge is -2.23. The van der Waals surface area contributed by atoms with E-state index in [-0.39, 0.29) is 0 Å². The van der Waals surface area contributed by atoms with Crippen LogP contribution in [0.1, 0.15) is 19.4 Å². The van der Waals surface area contributed by atoms with E-state index in [1.54, 1.807) is 7.05 Å². The highest BCUT2D eigenvalue weighted by Gasteiger charge is 2.09. The molecule has 1 aromatic carbocycles. The highest BCUT2D eigenvalue weighted by molar-refractivity contribution is 7.80. The Labute approximate surface area is 115 Å². The summed E-state index contributed by atoms with van der Waals surface area (Å²) in [7, 11) is 1.80. The van der Waals surface area contributed by atoms with Crippen molar-refractivity contribution in [1.82, 2.24) is 10.2 Å². The van der Waals surface area contributed by atoms with Crippen LogP contribution in [0.4, 0.5) is 0 Å². The van der Waals surface area contributed by atoms with E-state index in [4.69, 9.17) is 12.2 Å². The Morgan fingerprint density at radius 1 is 1.22 bits per heavy atom. The van der Waals surface area contributed by atoms with Crippen molar-refractivity contribution < 1.29 is 0 Å². The van der Waals surface area contributed by atoms with Gasteiger partial charge >= 0.3 is 0 Å². The van der Waals surface area contributed by atoms with E-state index in [1.165, 1.54) is 5.56 Å². The molecule has 0 fully saturated rings. The zero-order valence-corrected chi connectivity index (χ0v) is 12.1. The molecule has 98 valence electrons. The minimum absolute atomic E-state index is 0.535. The number of nitrogens with one attached hydrogen (secondary N) is 1. The molecule has 4 heteroatoms. The summed E-state index contributed by atoms with van der Waals surface area (Å²) in [4.78, 5) is 6.73. The number of nitrogens with zero attached hydrogens (tertiary/aromatic N) is 2. The molecular weight excluding hydrogens is 242 g/mol. The van der Waals surface area contributed by atoms with Gasteiger partial charge in [-0.05, 0) is 31.6 Å². The molecule has 0 saturated heterocycles. The predicted molar refractivity (Wildman–Crippen MR) is 82.2 cm³/mol. The van der Waals surface area contributed by atoms with Crippen molar-refractivity contribution in [3.8, 4) is 0 Å². The number of thiocarbonyl (C=S) groups is 1. The lowest BCUT2D eigenvalue weighted by molar-refractivity contribution is 0.459. The molecule has 1 aromatic rings. The Kier molecular flexibility index (Phi) is 6.36. The minimum atomic E-state index is 0.535. The van der Waals surface area contributed by atoms with Crippen LogP contribution in [-0.2, 0) is 6.42 Å². The van der Waals surface area contributed by atoms with E-state index in [1.807, 2.05) is 18.2 Å². The monoisotopic (exact) mass is 263 g/mol. The maximum Gasteiger partial charge on any atom is 0.194 e. The molecule has 0 saturated carbocycles. The first-order chi connectivity index (χ1) is 8.71. The Morgan fingerprint density at radius 2 is 1.83 bits per heavy atom. The number of hydrogen-bond acceptors (Lipinski definition) is 1. The Morgan fingerprint density at radius 3 is 2.33 bits per heavy atom. The van der Waals surface area contributed by atoms with E-state index in [0.717, 1.165) is 25.3 Å². The van der Waals surface area contributed by atoms with Gasteiger partial charge in [-0.15, -0.1) is 0 Å². The first kappa shape index (κ1) is 14.6. The second-order valence-electron chi connectivity index (χ2n) is 3.92. The molecule has 0 aliphatic carbocycles. The zero-order chi connectivity index (χ0) is 13.4. The fourth-order valence-electron chi connectivity index (χ4n) is 1.76. The SMILES string of the molecule is CCN(CC)C(Cc1ccccc1)=NC(=S)NC. The molecule has 0 aromatic heterocycles. The molecule has 0 amide bonds. The van der Waals surface area contributed by atoms with E-state index in [9.17, 15) is 0 Å². The van der Waals surface area contributed by atoms with Gasteiger partial charge in [-0.3, -0.25) is 0 Å². The summed E-state index contributed by atoms with van der Waals surface area (Å²) in [6.45, 7) is 6.14. The third kappa shape index (κ3) is 4.45. The smallest absolute Gasteiger partial charge is 0.194 e. The standard InChI is InChI=1S/C14H21N3S/c1-4-17(5-2)13(16-14(18)15-3)11-12-9-7-6-8-10-12/h6-10H,4-5,11H2,1-3H3,(H,15,18). The van der Waals surface area contributed by atoms with Gasteiger partial charge < -0.3 is 10.2 Å². The molecule has 0 heterocycles. The summed E-state index contributed by atoms with van der Waals surface area (Å²) in [6.07, 6.45) is 0.810. The quantitative estimate of drug-likeness (QED) is 0.514. The van der Waals surface area contributed by atoms with Crippen molar-refractivity contribution in [1.29, 1.82) is 0 Å². The van der Waals surface area contributed by atoms with Crippen LogP contribution < -0.4 is 5.32 Å². The van der Waals surface area contributed by atoms with Crippen LogP contribution in [0.3, 0.4) is 0 Å². The summed E-state index contributed by atoms with van der Waals surface area (Å²) in [5.41, 5.74) is 1.25. The summed E-state index contributed by atoms with van der Waals surface area (Å²) in [5.74, 6) is 1.02. The highest BCUT2D eigenvalue weighted by Crippen LogP contribution is 2.05. The van der Waals surface area contributed by atoms with Crippen molar-refractivity contribution in [2.24, 2.45) is 4.99 Å². The van der Waals surface area contributed by atoms with Gasteiger partial charge in [0, 0.05) is 26.6 Å². The molecule has 0 aliphatic heterocycles. The van der Waals surface area contributed by atoms with Gasteiger partial charge in [-0.1, -0.05) is 30.3 Å². The van der Waals surface area contributed by atoms with Gasteiger partial charge in [0.1, 0.15) is 5.84 Å². The van der Waals surface area contributed by atoms with Crippen LogP contribution in [0, 0.1) is 0 Å². The number of benzene rings is 1. The van der Waals surface area contributed by atoms with Crippen molar-refractivity contribution in [3.63, 3.8) is 0 Å². The van der Waals surface area contributed by atoms with Crippen LogP contribution in [0.15, 0.2) is 35.3 Å². The summed E-state index contributed by atoms with van der Waals surface area (Å²) >= 11 is 5.14. The van der Waals surface area contributed by atoms with E-state index >= 15 is 0 Å². The zero-order valence-electron chi connectivity index (χ0n) is 11.3. The molecule has 1 N–H and O–H groups in total. The van der Waals surface area contributed by atoms with Gasteiger partial charge in [0.05, 0.1) is 0 Å². The predicted octanol–water partition coefficient (Wildman–Crippen LogP) is 2.47. The summed E-state index contributed by atoms with van der Waals surface area (Å²) in [6, 6.07) is 10.3. The lowest BCUT2D eigenvalue weighted by Crippen LogP contribution is -2.33. The third-order valence-corrected chi connectivity index (χ3v) is 3.07. The summed E-state index contributed by atoms with van der Waals surface area (Å²) in [5, 5.41) is 3.44. The van der Waals surface area contributed by atoms with Crippen molar-refractivity contribution in [2.45, 2.75) is 20.3 Å². The number of rotatable bonds is 4. The molecular formula is C14H21N3S. The van der Waals surface area contributed by atoms with Crippen LogP contribution in [0.2, 0.25) is 0 Å². The average Bonchev–Trinajstić information content (AvgIpc) is 2.41. The molecule has 0 radical (unpaired) electrons. The average molecular weight is 263 g/mol. The van der Waals surface area contributed by atoms with Crippen molar-refractivity contribution in [3.05, 3.63) is 35.9 Å². The van der Waals surface area contributed by atoms with Crippen molar-refractivity contribution in [2.75, 3.05) is 20.1 Å². The van der Waals surface area contributed by atoms with Crippen LogP contribution in [-0.4, -0.2) is 36.0 Å². The van der Waals surface area contributed by atoms with Gasteiger partial charge in [0.25, 0.3) is 0 Å². The maximum absolute atomic E-state index is 5.14. The van der Waals surface area contributed by atoms with Crippen LogP contribution >= 0.6 is 12.2 Å². The van der Waals surface area contributed by atoms with Gasteiger partial charge in [0.15, 0.2) is 5.11 Å². The first-order valence-corrected chi connectivity index (χ1v) is 6.70. The Hall–Kier alpha value is -1.42. The normalized spacial score (nSPS) is 11.2. The third-order valence-electron chi connectivity index (χ3n) is 2.78. The van der Waals surface area contributed by atoms with Gasteiger partial charge in [-0.2, -0.15) is 0 Å². The lowest BCUT2D eigenvalue weighted by atomic mass is 10.1. The Bertz CT molecular complexity index is 397. The number of aliphatic imine (C=N–C) groups is 1. The number of likely N-dealkylation sites (N-methyl/N-ethyl adjacent to an activating group) is 1. The van der Waals surface area contributed by atoms with E-state index in [2.05, 4.69) is 41.2 Å². The highest BCUT2D eigenvalue weighted by atomic mass is 32.1. The number of amidine groups is 1. The van der Waals surface area contributed by atoms with E-state index in [0.29, 0.717) is 5.11 Å². The fraction of sp³-hybridized carbons (Fsp3) is 0.429. The van der Waals surface area contributed by atoms with Crippen LogP contribution in [0.5, 0.6) is 0 Å². The van der Waals surface area contributed by atoms with Gasteiger partial charge in [0.2, 0.25) is 0 Å². The van der Waals surface area contributed by atoms with Crippen molar-refractivity contribution >= 4 is 23.2 Å². The van der Waals surface area contributed by atoms with E-state index < -0.39 is 0 Å². The van der Waals surface area contributed by atoms with Crippen LogP contribution in [0.25, 0.3) is 0 Å². The topological polar surface area (TPSA) is 27.6 Å². The molecule has 0 aliphatic rings. The second kappa shape index (κ2) is 7.82. The molecule has 3 nitrogen and oxygen atoms in total. The molecule has 0 bridgehead atoms. The Balaban J connectivity index is 2.91. The molecule has 0 spiro atoms. The molecule has 1 rings (SSSR count). The number of hydrogen-bond donors (Lipinski definition) is 1. The molecule has 18 heavy (non-hydrogen) atoms. The fourth-order valence-corrected chi connectivity index (χ4v) is 1.87. The minimum Gasteiger partial charge on any atom is -0.364 e. The second-order valence-corrected chi connectivity index (χ2v) is 4.30. The molecule has 0 unspecified atom stereocenters. The molecule has 0 atom stereocenters. The largest absolute Gasteiger partial charge is 0.364 e. The van der Waals surface area contributed by atoms with Gasteiger partial charge in [-0.25, -0.2) is 4.99 Å².